The SMILES string of the molecule is COc1cccc(Cn2nc3n(c2=O)CCC(NC(=O)Cc2cccs2)CC3)c1. The van der Waals surface area contributed by atoms with Crippen molar-refractivity contribution in [3.05, 3.63) is 68.5 Å². The highest BCUT2D eigenvalue weighted by Gasteiger charge is 2.22. The van der Waals surface area contributed by atoms with E-state index in [0.717, 1.165) is 34.9 Å². The summed E-state index contributed by atoms with van der Waals surface area (Å²) in [6, 6.07) is 11.6. The van der Waals surface area contributed by atoms with Crippen LogP contribution in [-0.2, 0) is 30.7 Å². The number of rotatable bonds is 6. The first kappa shape index (κ1) is 19.4. The Morgan fingerprint density at radius 3 is 3.00 bits per heavy atom. The van der Waals surface area contributed by atoms with E-state index in [0.29, 0.717) is 25.9 Å². The quantitative estimate of drug-likeness (QED) is 0.674. The Bertz CT molecular complexity index is 1040. The summed E-state index contributed by atoms with van der Waals surface area (Å²) in [6.45, 7) is 0.979. The van der Waals surface area contributed by atoms with Gasteiger partial charge in [0.05, 0.1) is 20.1 Å². The minimum atomic E-state index is -0.103. The van der Waals surface area contributed by atoms with Crippen LogP contribution in [0.4, 0.5) is 0 Å². The molecule has 7 nitrogen and oxygen atoms in total. The minimum Gasteiger partial charge on any atom is -0.497 e. The maximum Gasteiger partial charge on any atom is 0.346 e. The van der Waals surface area contributed by atoms with Crippen LogP contribution in [0, 0.1) is 0 Å². The molecule has 8 heteroatoms. The lowest BCUT2D eigenvalue weighted by Gasteiger charge is -2.15. The molecule has 4 rings (SSSR count). The molecule has 152 valence electrons. The first-order valence-corrected chi connectivity index (χ1v) is 10.6. The lowest BCUT2D eigenvalue weighted by Crippen LogP contribution is -2.36. The van der Waals surface area contributed by atoms with Gasteiger partial charge in [0, 0.05) is 23.9 Å². The molecule has 3 heterocycles. The number of aryl methyl sites for hydroxylation is 1. The summed E-state index contributed by atoms with van der Waals surface area (Å²) in [5, 5.41) is 9.64. The van der Waals surface area contributed by atoms with Gasteiger partial charge in [0.2, 0.25) is 5.91 Å². The van der Waals surface area contributed by atoms with Crippen molar-refractivity contribution in [2.24, 2.45) is 0 Å². The lowest BCUT2D eigenvalue weighted by molar-refractivity contribution is -0.121. The molecule has 1 aliphatic heterocycles. The van der Waals surface area contributed by atoms with Crippen molar-refractivity contribution in [3.8, 4) is 5.75 Å². The summed E-state index contributed by atoms with van der Waals surface area (Å²) in [6.07, 6.45) is 2.59. The maximum atomic E-state index is 12.8. The standard InChI is InChI=1S/C21H24N4O3S/c1-28-17-5-2-4-15(12-17)14-25-21(27)24-10-9-16(7-8-19(24)23-25)22-20(26)13-18-6-3-11-29-18/h2-6,11-12,16H,7-10,13-14H2,1H3,(H,22,26). The third-order valence-corrected chi connectivity index (χ3v) is 6.04. The molecule has 0 saturated heterocycles. The van der Waals surface area contributed by atoms with Gasteiger partial charge in [0.25, 0.3) is 0 Å². The molecule has 1 unspecified atom stereocenters. The number of hydrogen-bond donors (Lipinski definition) is 1. The molecule has 3 aromatic rings. The van der Waals surface area contributed by atoms with Crippen molar-refractivity contribution in [2.75, 3.05) is 7.11 Å². The fraction of sp³-hybridized carbons (Fsp3) is 0.381. The molecule has 0 bridgehead atoms. The van der Waals surface area contributed by atoms with Crippen LogP contribution in [0.2, 0.25) is 0 Å². The van der Waals surface area contributed by atoms with Crippen LogP contribution in [-0.4, -0.2) is 33.4 Å². The van der Waals surface area contributed by atoms with Crippen LogP contribution >= 0.6 is 11.3 Å². The Morgan fingerprint density at radius 2 is 2.21 bits per heavy atom. The zero-order valence-corrected chi connectivity index (χ0v) is 17.2. The molecule has 0 aliphatic carbocycles. The van der Waals surface area contributed by atoms with Crippen LogP contribution in [0.5, 0.6) is 5.75 Å². The summed E-state index contributed by atoms with van der Waals surface area (Å²) in [7, 11) is 1.62. The van der Waals surface area contributed by atoms with Gasteiger partial charge in [-0.2, -0.15) is 5.10 Å². The van der Waals surface area contributed by atoms with Crippen molar-refractivity contribution in [1.82, 2.24) is 19.7 Å². The third-order valence-electron chi connectivity index (χ3n) is 5.16. The number of hydrogen-bond acceptors (Lipinski definition) is 5. The predicted molar refractivity (Wildman–Crippen MR) is 111 cm³/mol. The van der Waals surface area contributed by atoms with Gasteiger partial charge in [-0.3, -0.25) is 9.36 Å². The normalized spacial score (nSPS) is 16.1. The van der Waals surface area contributed by atoms with E-state index in [-0.39, 0.29) is 17.6 Å². The molecule has 1 amide bonds. The van der Waals surface area contributed by atoms with E-state index >= 15 is 0 Å². The predicted octanol–water partition coefficient (Wildman–Crippen LogP) is 2.23. The number of ether oxygens (including phenoxy) is 1. The monoisotopic (exact) mass is 412 g/mol. The van der Waals surface area contributed by atoms with Gasteiger partial charge in [-0.1, -0.05) is 18.2 Å². The van der Waals surface area contributed by atoms with Crippen LogP contribution in [0.15, 0.2) is 46.6 Å². The number of carbonyl (C=O) groups is 1. The number of aromatic nitrogens is 3. The molecule has 1 aliphatic rings. The largest absolute Gasteiger partial charge is 0.497 e. The Morgan fingerprint density at radius 1 is 1.31 bits per heavy atom. The van der Waals surface area contributed by atoms with Crippen LogP contribution in [0.3, 0.4) is 0 Å². The fourth-order valence-electron chi connectivity index (χ4n) is 3.67. The van der Waals surface area contributed by atoms with Gasteiger partial charge < -0.3 is 10.1 Å². The summed E-state index contributed by atoms with van der Waals surface area (Å²) in [5.41, 5.74) is 0.867. The average Bonchev–Trinajstić information content (AvgIpc) is 3.27. The van der Waals surface area contributed by atoms with Crippen LogP contribution in [0.25, 0.3) is 0 Å². The smallest absolute Gasteiger partial charge is 0.346 e. The van der Waals surface area contributed by atoms with Crippen LogP contribution in [0.1, 0.15) is 29.1 Å². The zero-order chi connectivity index (χ0) is 20.2. The third kappa shape index (κ3) is 4.59. The van der Waals surface area contributed by atoms with Gasteiger partial charge in [-0.05, 0) is 42.0 Å². The van der Waals surface area contributed by atoms with E-state index in [4.69, 9.17) is 4.74 Å². The fourth-order valence-corrected chi connectivity index (χ4v) is 4.37. The van der Waals surface area contributed by atoms with E-state index < -0.39 is 0 Å². The Hall–Kier alpha value is -2.87. The van der Waals surface area contributed by atoms with Gasteiger partial charge >= 0.3 is 5.69 Å². The van der Waals surface area contributed by atoms with E-state index in [1.807, 2.05) is 41.8 Å². The number of nitrogens with one attached hydrogen (secondary N) is 1. The molecular weight excluding hydrogens is 388 g/mol. The Kier molecular flexibility index (Phi) is 5.80. The topological polar surface area (TPSA) is 78.2 Å². The first-order valence-electron chi connectivity index (χ1n) is 9.73. The van der Waals surface area contributed by atoms with E-state index in [1.165, 1.54) is 4.68 Å². The van der Waals surface area contributed by atoms with Crippen molar-refractivity contribution in [2.45, 2.75) is 44.8 Å². The Balaban J connectivity index is 1.40. The summed E-state index contributed by atoms with van der Waals surface area (Å²) >= 11 is 1.59. The Labute approximate surface area is 172 Å². The highest BCUT2D eigenvalue weighted by molar-refractivity contribution is 7.10. The van der Waals surface area contributed by atoms with Crippen molar-refractivity contribution < 1.29 is 9.53 Å². The van der Waals surface area contributed by atoms with E-state index in [2.05, 4.69) is 10.4 Å². The van der Waals surface area contributed by atoms with Crippen molar-refractivity contribution in [1.29, 1.82) is 0 Å². The molecule has 2 aromatic heterocycles. The van der Waals surface area contributed by atoms with Crippen molar-refractivity contribution >= 4 is 17.2 Å². The zero-order valence-electron chi connectivity index (χ0n) is 16.3. The maximum absolute atomic E-state index is 12.8. The average molecular weight is 413 g/mol. The van der Waals surface area contributed by atoms with Gasteiger partial charge in [-0.25, -0.2) is 9.48 Å². The first-order chi connectivity index (χ1) is 14.1. The summed E-state index contributed by atoms with van der Waals surface area (Å²) in [5.74, 6) is 1.58. The number of thiophene rings is 1. The number of carbonyl (C=O) groups excluding carboxylic acids is 1. The van der Waals surface area contributed by atoms with E-state index in [1.54, 1.807) is 23.0 Å². The second kappa shape index (κ2) is 8.65. The van der Waals surface area contributed by atoms with Crippen molar-refractivity contribution in [3.63, 3.8) is 0 Å². The summed E-state index contributed by atoms with van der Waals surface area (Å²) in [4.78, 5) is 26.1. The van der Waals surface area contributed by atoms with Gasteiger partial charge in [0.15, 0.2) is 0 Å². The summed E-state index contributed by atoms with van der Waals surface area (Å²) < 4.78 is 8.51. The van der Waals surface area contributed by atoms with Crippen LogP contribution < -0.4 is 15.7 Å². The highest BCUT2D eigenvalue weighted by Crippen LogP contribution is 2.15. The molecule has 1 atom stereocenters. The molecule has 0 radical (unpaired) electrons. The lowest BCUT2D eigenvalue weighted by atomic mass is 10.1. The minimum absolute atomic E-state index is 0.0347. The second-order valence-electron chi connectivity index (χ2n) is 7.21. The molecule has 0 saturated carbocycles. The highest BCUT2D eigenvalue weighted by atomic mass is 32.1. The number of methoxy groups -OCH3 is 1. The molecule has 1 aromatic carbocycles. The second-order valence-corrected chi connectivity index (χ2v) is 8.24. The molecule has 1 N–H and O–H groups in total. The number of nitrogens with zero attached hydrogens (tertiary/aromatic N) is 3. The number of amides is 1. The molecular formula is C21H24N4O3S. The van der Waals surface area contributed by atoms with Gasteiger partial charge in [0.1, 0.15) is 11.6 Å². The molecule has 0 spiro atoms. The van der Waals surface area contributed by atoms with Gasteiger partial charge in [-0.15, -0.1) is 11.3 Å². The number of fused-ring (bicyclic) bond motifs is 1. The molecule has 0 fully saturated rings. The molecule has 29 heavy (non-hydrogen) atoms. The van der Waals surface area contributed by atoms with E-state index in [9.17, 15) is 9.59 Å². The number of benzene rings is 1.